The minimum atomic E-state index is -0.770. The Hall–Kier alpha value is -2.11. The van der Waals surface area contributed by atoms with Crippen molar-refractivity contribution in [3.8, 4) is 0 Å². The second-order valence-corrected chi connectivity index (χ2v) is 19.9. The molecule has 0 rings (SSSR count). The molecule has 1 atom stereocenters. The van der Waals surface area contributed by atoms with Crippen molar-refractivity contribution >= 4 is 17.9 Å². The number of allylic oxidation sites excluding steroid dienone is 4. The molecule has 0 aliphatic carbocycles. The molecule has 0 amide bonds. The number of esters is 3. The number of unbranched alkanes of at least 4 members (excludes halogenated alkanes) is 39. The van der Waals surface area contributed by atoms with Crippen molar-refractivity contribution in [2.45, 2.75) is 329 Å². The summed E-state index contributed by atoms with van der Waals surface area (Å²) in [5, 5.41) is 0. The minimum absolute atomic E-state index is 0.0707. The van der Waals surface area contributed by atoms with Crippen molar-refractivity contribution in [1.82, 2.24) is 0 Å². The standard InChI is InChI=1S/C60H112O6/c1-4-7-10-13-16-19-21-23-25-26-27-28-29-30-31-32-33-34-36-37-39-41-44-47-50-53-59(62)65-56-57(55-64-58(61)52-49-46-43-18-15-12-9-6-3)66-60(63)54-51-48-45-42-40-38-35-24-22-20-17-14-11-8-5-2/h24,26-27,35,57H,4-23,25,28-34,36-56H2,1-3H3/b27-26-,35-24-. The Kier molecular flexibility index (Phi) is 53.7. The molecule has 0 spiro atoms. The van der Waals surface area contributed by atoms with E-state index in [4.69, 9.17) is 14.2 Å². The van der Waals surface area contributed by atoms with Gasteiger partial charge in [0.05, 0.1) is 0 Å². The third-order valence-electron chi connectivity index (χ3n) is 13.2. The Bertz CT molecular complexity index is 1070. The largest absolute Gasteiger partial charge is 0.462 e. The lowest BCUT2D eigenvalue weighted by atomic mass is 10.0. The zero-order valence-corrected chi connectivity index (χ0v) is 44.5. The lowest BCUT2D eigenvalue weighted by Crippen LogP contribution is -2.30. The van der Waals surface area contributed by atoms with Crippen LogP contribution in [-0.4, -0.2) is 37.2 Å². The summed E-state index contributed by atoms with van der Waals surface area (Å²) in [6.07, 6.45) is 64.8. The summed E-state index contributed by atoms with van der Waals surface area (Å²) in [6, 6.07) is 0. The van der Waals surface area contributed by atoms with Gasteiger partial charge in [-0.15, -0.1) is 0 Å². The van der Waals surface area contributed by atoms with E-state index in [9.17, 15) is 14.4 Å². The lowest BCUT2D eigenvalue weighted by molar-refractivity contribution is -0.167. The molecule has 0 aromatic carbocycles. The zero-order valence-electron chi connectivity index (χ0n) is 44.5. The van der Waals surface area contributed by atoms with Gasteiger partial charge in [-0.3, -0.25) is 14.4 Å². The highest BCUT2D eigenvalue weighted by Crippen LogP contribution is 2.16. The quantitative estimate of drug-likeness (QED) is 0.0262. The highest BCUT2D eigenvalue weighted by Gasteiger charge is 2.19. The first kappa shape index (κ1) is 63.9. The summed E-state index contributed by atoms with van der Waals surface area (Å²) >= 11 is 0. The van der Waals surface area contributed by atoms with E-state index >= 15 is 0 Å². The molecule has 66 heavy (non-hydrogen) atoms. The summed E-state index contributed by atoms with van der Waals surface area (Å²) in [4.78, 5) is 38.0. The highest BCUT2D eigenvalue weighted by atomic mass is 16.6. The molecule has 0 saturated carbocycles. The van der Waals surface area contributed by atoms with Crippen molar-refractivity contribution in [1.29, 1.82) is 0 Å². The average molecular weight is 930 g/mol. The van der Waals surface area contributed by atoms with E-state index in [1.165, 1.54) is 218 Å². The van der Waals surface area contributed by atoms with E-state index in [0.717, 1.165) is 64.2 Å². The van der Waals surface area contributed by atoms with E-state index in [0.29, 0.717) is 19.3 Å². The Balaban J connectivity index is 4.13. The number of carbonyl (C=O) groups excluding carboxylic acids is 3. The molecular formula is C60H112O6. The molecule has 0 radical (unpaired) electrons. The summed E-state index contributed by atoms with van der Waals surface area (Å²) in [6.45, 7) is 6.64. The van der Waals surface area contributed by atoms with E-state index in [-0.39, 0.29) is 31.1 Å². The van der Waals surface area contributed by atoms with Gasteiger partial charge in [-0.2, -0.15) is 0 Å². The van der Waals surface area contributed by atoms with Crippen LogP contribution in [0.4, 0.5) is 0 Å². The highest BCUT2D eigenvalue weighted by molar-refractivity contribution is 5.71. The number of rotatable bonds is 54. The van der Waals surface area contributed by atoms with Crippen LogP contribution in [0.3, 0.4) is 0 Å². The maximum absolute atomic E-state index is 12.8. The van der Waals surface area contributed by atoms with Gasteiger partial charge in [-0.1, -0.05) is 257 Å². The maximum Gasteiger partial charge on any atom is 0.306 e. The average Bonchev–Trinajstić information content (AvgIpc) is 3.31. The van der Waals surface area contributed by atoms with E-state index in [2.05, 4.69) is 45.1 Å². The molecule has 0 aliphatic rings. The van der Waals surface area contributed by atoms with E-state index < -0.39 is 6.10 Å². The molecule has 0 aliphatic heterocycles. The van der Waals surface area contributed by atoms with Gasteiger partial charge in [0.25, 0.3) is 0 Å². The van der Waals surface area contributed by atoms with Gasteiger partial charge in [-0.05, 0) is 70.6 Å². The molecule has 1 unspecified atom stereocenters. The Morgan fingerprint density at radius 1 is 0.288 bits per heavy atom. The second-order valence-electron chi connectivity index (χ2n) is 19.9. The third-order valence-corrected chi connectivity index (χ3v) is 13.2. The molecule has 0 saturated heterocycles. The van der Waals surface area contributed by atoms with Gasteiger partial charge in [0.1, 0.15) is 13.2 Å². The van der Waals surface area contributed by atoms with Crippen molar-refractivity contribution in [2.75, 3.05) is 13.2 Å². The fourth-order valence-electron chi connectivity index (χ4n) is 8.73. The summed E-state index contributed by atoms with van der Waals surface area (Å²) in [7, 11) is 0. The van der Waals surface area contributed by atoms with Gasteiger partial charge >= 0.3 is 17.9 Å². The molecule has 0 heterocycles. The van der Waals surface area contributed by atoms with Crippen LogP contribution in [0, 0.1) is 0 Å². The van der Waals surface area contributed by atoms with Crippen LogP contribution in [0.5, 0.6) is 0 Å². The summed E-state index contributed by atoms with van der Waals surface area (Å²) in [5.41, 5.74) is 0. The van der Waals surface area contributed by atoms with Crippen molar-refractivity contribution in [2.24, 2.45) is 0 Å². The third kappa shape index (κ3) is 52.9. The van der Waals surface area contributed by atoms with Crippen LogP contribution >= 0.6 is 0 Å². The molecule has 6 heteroatoms. The number of hydrogen-bond donors (Lipinski definition) is 0. The number of ether oxygens (including phenoxy) is 3. The minimum Gasteiger partial charge on any atom is -0.462 e. The van der Waals surface area contributed by atoms with Crippen molar-refractivity contribution < 1.29 is 28.6 Å². The molecular weight excluding hydrogens is 817 g/mol. The molecule has 0 fully saturated rings. The van der Waals surface area contributed by atoms with E-state index in [1.54, 1.807) is 0 Å². The Morgan fingerprint density at radius 3 is 0.758 bits per heavy atom. The Morgan fingerprint density at radius 2 is 0.500 bits per heavy atom. The fraction of sp³-hybridized carbons (Fsp3) is 0.883. The molecule has 6 nitrogen and oxygen atoms in total. The lowest BCUT2D eigenvalue weighted by Gasteiger charge is -2.18. The normalized spacial score (nSPS) is 12.1. The van der Waals surface area contributed by atoms with Crippen molar-refractivity contribution in [3.05, 3.63) is 24.3 Å². The topological polar surface area (TPSA) is 78.9 Å². The van der Waals surface area contributed by atoms with Crippen LogP contribution in [0.15, 0.2) is 24.3 Å². The smallest absolute Gasteiger partial charge is 0.306 e. The second kappa shape index (κ2) is 55.5. The summed E-state index contributed by atoms with van der Waals surface area (Å²) in [5.74, 6) is -0.867. The number of carbonyl (C=O) groups is 3. The van der Waals surface area contributed by atoms with Gasteiger partial charge in [0.2, 0.25) is 0 Å². The van der Waals surface area contributed by atoms with Gasteiger partial charge in [0, 0.05) is 19.3 Å². The first-order chi connectivity index (χ1) is 32.5. The first-order valence-corrected chi connectivity index (χ1v) is 29.3. The molecule has 0 aromatic heterocycles. The fourth-order valence-corrected chi connectivity index (χ4v) is 8.73. The van der Waals surface area contributed by atoms with Crippen LogP contribution in [-0.2, 0) is 28.6 Å². The zero-order chi connectivity index (χ0) is 47.9. The van der Waals surface area contributed by atoms with Crippen LogP contribution in [0.1, 0.15) is 323 Å². The molecule has 0 aromatic rings. The molecule has 388 valence electrons. The molecule has 0 N–H and O–H groups in total. The van der Waals surface area contributed by atoms with Crippen LogP contribution in [0.2, 0.25) is 0 Å². The Labute approximate surface area is 411 Å². The van der Waals surface area contributed by atoms with E-state index in [1.807, 2.05) is 0 Å². The predicted octanol–water partition coefficient (Wildman–Crippen LogP) is 19.5. The monoisotopic (exact) mass is 929 g/mol. The van der Waals surface area contributed by atoms with Gasteiger partial charge in [0.15, 0.2) is 6.10 Å². The predicted molar refractivity (Wildman–Crippen MR) is 284 cm³/mol. The molecule has 0 bridgehead atoms. The SMILES string of the molecule is CCCCCCCC/C=C\CCCCCCCC(=O)OC(COC(=O)CCCCCCCCCC)COC(=O)CCCCCCCCCCCCCCC/C=C\CCCCCCCCCC. The maximum atomic E-state index is 12.8. The van der Waals surface area contributed by atoms with Gasteiger partial charge < -0.3 is 14.2 Å². The van der Waals surface area contributed by atoms with Gasteiger partial charge in [-0.25, -0.2) is 0 Å². The van der Waals surface area contributed by atoms with Crippen LogP contribution < -0.4 is 0 Å². The summed E-state index contributed by atoms with van der Waals surface area (Å²) < 4.78 is 16.8. The first-order valence-electron chi connectivity index (χ1n) is 29.3. The van der Waals surface area contributed by atoms with Crippen LogP contribution in [0.25, 0.3) is 0 Å². The number of hydrogen-bond acceptors (Lipinski definition) is 6. The van der Waals surface area contributed by atoms with Crippen molar-refractivity contribution in [3.63, 3.8) is 0 Å².